The fraction of sp³-hybridized carbons (Fsp3) is 0.222. The van der Waals surface area contributed by atoms with Crippen LogP contribution < -0.4 is 15.0 Å². The Hall–Kier alpha value is -3.59. The summed E-state index contributed by atoms with van der Waals surface area (Å²) in [5.74, 6) is 0.764. The number of aryl methyl sites for hydroxylation is 1. The fourth-order valence-electron chi connectivity index (χ4n) is 4.32. The van der Waals surface area contributed by atoms with Crippen molar-refractivity contribution in [1.29, 1.82) is 0 Å². The summed E-state index contributed by atoms with van der Waals surface area (Å²) in [6, 6.07) is 15.8. The normalized spacial score (nSPS) is 13.6. The molecular formula is C27H25Cl2N5O3. The lowest BCUT2D eigenvalue weighted by molar-refractivity contribution is 0.0726. The minimum Gasteiger partial charge on any atom is -0.439 e. The molecule has 1 aliphatic heterocycles. The van der Waals surface area contributed by atoms with E-state index in [9.17, 15) is 9.59 Å². The van der Waals surface area contributed by atoms with Gasteiger partial charge in [-0.25, -0.2) is 4.98 Å². The van der Waals surface area contributed by atoms with Crippen molar-refractivity contribution in [3.05, 3.63) is 82.1 Å². The quantitative estimate of drug-likeness (QED) is 0.387. The van der Waals surface area contributed by atoms with Crippen LogP contribution in [-0.2, 0) is 7.05 Å². The molecule has 2 amide bonds. The number of fused-ring (bicyclic) bond motifs is 1. The molecule has 0 aliphatic carbocycles. The average Bonchev–Trinajstić information content (AvgIpc) is 3.25. The van der Waals surface area contributed by atoms with Gasteiger partial charge in [-0.15, -0.1) is 0 Å². The van der Waals surface area contributed by atoms with Crippen molar-refractivity contribution >= 4 is 51.6 Å². The number of halogens is 2. The standard InChI is InChI=1S/C27H25Cl2N5O3/c1-32(26(35)17-3-6-21(28)22(29)14-17)19-4-8-25(31-16-19)37-20-5-7-23-18(13-20)15-24(33(23)2)27(36)34-11-9-30-10-12-34/h3-8,13-16,30H,9-12H2,1-2H3. The van der Waals surface area contributed by atoms with E-state index in [1.165, 1.54) is 11.0 Å². The molecule has 8 nitrogen and oxygen atoms in total. The first-order valence-corrected chi connectivity index (χ1v) is 12.5. The molecule has 2 aromatic heterocycles. The average molecular weight is 538 g/mol. The Morgan fingerprint density at radius 3 is 2.49 bits per heavy atom. The van der Waals surface area contributed by atoms with Crippen molar-refractivity contribution in [1.82, 2.24) is 19.8 Å². The van der Waals surface area contributed by atoms with Gasteiger partial charge in [-0.3, -0.25) is 9.59 Å². The summed E-state index contributed by atoms with van der Waals surface area (Å²) in [7, 11) is 3.55. The molecule has 2 aromatic carbocycles. The van der Waals surface area contributed by atoms with Gasteiger partial charge in [0.05, 0.1) is 21.9 Å². The zero-order valence-electron chi connectivity index (χ0n) is 20.4. The van der Waals surface area contributed by atoms with E-state index >= 15 is 0 Å². The zero-order chi connectivity index (χ0) is 26.1. The molecule has 190 valence electrons. The van der Waals surface area contributed by atoms with Gasteiger partial charge in [-0.05, 0) is 48.5 Å². The molecule has 4 aromatic rings. The van der Waals surface area contributed by atoms with Gasteiger partial charge in [-0.2, -0.15) is 0 Å². The number of ether oxygens (including phenoxy) is 1. The smallest absolute Gasteiger partial charge is 0.270 e. The second-order valence-corrected chi connectivity index (χ2v) is 9.62. The summed E-state index contributed by atoms with van der Waals surface area (Å²) in [4.78, 5) is 33.5. The van der Waals surface area contributed by atoms with Crippen LogP contribution in [0.15, 0.2) is 60.8 Å². The van der Waals surface area contributed by atoms with Crippen LogP contribution in [0.1, 0.15) is 20.8 Å². The first-order chi connectivity index (χ1) is 17.8. The first-order valence-electron chi connectivity index (χ1n) is 11.8. The summed E-state index contributed by atoms with van der Waals surface area (Å²) in [6.45, 7) is 3.01. The molecule has 1 N–H and O–H groups in total. The minimum absolute atomic E-state index is 0.0273. The Labute approximate surface area is 224 Å². The second-order valence-electron chi connectivity index (χ2n) is 8.80. The van der Waals surface area contributed by atoms with E-state index in [0.717, 1.165) is 24.0 Å². The van der Waals surface area contributed by atoms with Crippen LogP contribution >= 0.6 is 23.2 Å². The number of hydrogen-bond acceptors (Lipinski definition) is 5. The summed E-state index contributed by atoms with van der Waals surface area (Å²) in [6.07, 6.45) is 1.57. The lowest BCUT2D eigenvalue weighted by Crippen LogP contribution is -2.46. The van der Waals surface area contributed by atoms with Crippen molar-refractivity contribution in [3.8, 4) is 11.6 Å². The number of carbonyl (C=O) groups excluding carboxylic acids is 2. The third kappa shape index (κ3) is 5.13. The summed E-state index contributed by atoms with van der Waals surface area (Å²) >= 11 is 12.0. The Morgan fingerprint density at radius 1 is 1.00 bits per heavy atom. The maximum Gasteiger partial charge on any atom is 0.270 e. The van der Waals surface area contributed by atoms with E-state index in [1.54, 1.807) is 37.5 Å². The minimum atomic E-state index is -0.241. The van der Waals surface area contributed by atoms with Crippen LogP contribution in [-0.4, -0.2) is 59.5 Å². The Kier molecular flexibility index (Phi) is 7.06. The Balaban J connectivity index is 1.30. The number of benzene rings is 2. The highest BCUT2D eigenvalue weighted by Crippen LogP contribution is 2.29. The van der Waals surface area contributed by atoms with Gasteiger partial charge < -0.3 is 24.4 Å². The number of carbonyl (C=O) groups is 2. The number of pyridine rings is 1. The first kappa shape index (κ1) is 25.1. The van der Waals surface area contributed by atoms with Crippen LogP contribution in [0.25, 0.3) is 10.9 Å². The van der Waals surface area contributed by atoms with Gasteiger partial charge in [0.15, 0.2) is 0 Å². The number of piperazine rings is 1. The van der Waals surface area contributed by atoms with E-state index in [4.69, 9.17) is 27.9 Å². The molecule has 0 atom stereocenters. The van der Waals surface area contributed by atoms with Crippen molar-refractivity contribution < 1.29 is 14.3 Å². The van der Waals surface area contributed by atoms with Crippen LogP contribution in [0, 0.1) is 0 Å². The molecule has 0 radical (unpaired) electrons. The lowest BCUT2D eigenvalue weighted by atomic mass is 10.2. The zero-order valence-corrected chi connectivity index (χ0v) is 21.9. The predicted molar refractivity (Wildman–Crippen MR) is 145 cm³/mol. The third-order valence-corrected chi connectivity index (χ3v) is 7.18. The van der Waals surface area contributed by atoms with Gasteiger partial charge in [-0.1, -0.05) is 23.2 Å². The number of rotatable bonds is 5. The maximum absolute atomic E-state index is 13.0. The molecule has 0 saturated carbocycles. The van der Waals surface area contributed by atoms with Crippen molar-refractivity contribution in [2.24, 2.45) is 7.05 Å². The number of aromatic nitrogens is 2. The van der Waals surface area contributed by atoms with Crippen LogP contribution in [0.5, 0.6) is 11.6 Å². The molecule has 5 rings (SSSR count). The molecule has 1 aliphatic rings. The SMILES string of the molecule is CN(C(=O)c1ccc(Cl)c(Cl)c1)c1ccc(Oc2ccc3c(c2)cc(C(=O)N2CCNCC2)n3C)nc1. The predicted octanol–water partition coefficient (Wildman–Crippen LogP) is 4.99. The van der Waals surface area contributed by atoms with Crippen LogP contribution in [0.4, 0.5) is 5.69 Å². The fourth-order valence-corrected chi connectivity index (χ4v) is 4.62. The molecule has 37 heavy (non-hydrogen) atoms. The maximum atomic E-state index is 13.0. The van der Waals surface area contributed by atoms with E-state index in [2.05, 4.69) is 10.3 Å². The molecule has 1 saturated heterocycles. The van der Waals surface area contributed by atoms with E-state index in [1.807, 2.05) is 40.8 Å². The molecule has 0 bridgehead atoms. The highest BCUT2D eigenvalue weighted by Gasteiger charge is 2.22. The van der Waals surface area contributed by atoms with Gasteiger partial charge in [0.2, 0.25) is 5.88 Å². The van der Waals surface area contributed by atoms with E-state index in [-0.39, 0.29) is 11.8 Å². The monoisotopic (exact) mass is 537 g/mol. The molecule has 0 unspecified atom stereocenters. The van der Waals surface area contributed by atoms with E-state index in [0.29, 0.717) is 51.7 Å². The van der Waals surface area contributed by atoms with Crippen LogP contribution in [0.3, 0.4) is 0 Å². The molecular weight excluding hydrogens is 513 g/mol. The molecule has 1 fully saturated rings. The Bertz CT molecular complexity index is 1480. The number of anilines is 1. The van der Waals surface area contributed by atoms with Gasteiger partial charge in [0.1, 0.15) is 11.4 Å². The van der Waals surface area contributed by atoms with Gasteiger partial charge >= 0.3 is 0 Å². The topological polar surface area (TPSA) is 79.7 Å². The number of hydrogen-bond donors (Lipinski definition) is 1. The highest BCUT2D eigenvalue weighted by atomic mass is 35.5. The van der Waals surface area contributed by atoms with Crippen LogP contribution in [0.2, 0.25) is 10.0 Å². The summed E-state index contributed by atoms with van der Waals surface area (Å²) in [5, 5.41) is 4.88. The highest BCUT2D eigenvalue weighted by molar-refractivity contribution is 6.42. The summed E-state index contributed by atoms with van der Waals surface area (Å²) < 4.78 is 7.88. The molecule has 10 heteroatoms. The van der Waals surface area contributed by atoms with Crippen molar-refractivity contribution in [3.63, 3.8) is 0 Å². The Morgan fingerprint density at radius 2 is 1.78 bits per heavy atom. The summed E-state index contributed by atoms with van der Waals surface area (Å²) in [5.41, 5.74) is 2.60. The van der Waals surface area contributed by atoms with Crippen molar-refractivity contribution in [2.75, 3.05) is 38.1 Å². The van der Waals surface area contributed by atoms with Crippen molar-refractivity contribution in [2.45, 2.75) is 0 Å². The lowest BCUT2D eigenvalue weighted by Gasteiger charge is -2.27. The number of nitrogens with zero attached hydrogens (tertiary/aromatic N) is 4. The third-order valence-electron chi connectivity index (χ3n) is 6.44. The molecule has 3 heterocycles. The number of nitrogens with one attached hydrogen (secondary N) is 1. The van der Waals surface area contributed by atoms with Gasteiger partial charge in [0.25, 0.3) is 11.8 Å². The second kappa shape index (κ2) is 10.4. The van der Waals surface area contributed by atoms with E-state index < -0.39 is 0 Å². The largest absolute Gasteiger partial charge is 0.439 e. The van der Waals surface area contributed by atoms with Gasteiger partial charge in [0, 0.05) is 62.8 Å². The molecule has 0 spiro atoms. The number of amides is 2.